The van der Waals surface area contributed by atoms with Gasteiger partial charge in [0.25, 0.3) is 5.91 Å². The van der Waals surface area contributed by atoms with E-state index in [9.17, 15) is 9.59 Å². The van der Waals surface area contributed by atoms with Crippen LogP contribution in [0.1, 0.15) is 28.4 Å². The molecular weight excluding hydrogens is 246 g/mol. The standard InChI is InChI=1S/C14H19NO4/c1-8-5-11(6-9(2)12(8)19-4)13(16)15-7-10(3)14(17)18/h5-6,10H,7H2,1-4H3,(H,15,16)(H,17,18). The van der Waals surface area contributed by atoms with Crippen molar-refractivity contribution < 1.29 is 19.4 Å². The van der Waals surface area contributed by atoms with E-state index >= 15 is 0 Å². The molecule has 0 radical (unpaired) electrons. The molecule has 19 heavy (non-hydrogen) atoms. The van der Waals surface area contributed by atoms with E-state index in [2.05, 4.69) is 5.32 Å². The van der Waals surface area contributed by atoms with Gasteiger partial charge in [0.05, 0.1) is 13.0 Å². The van der Waals surface area contributed by atoms with Crippen LogP contribution in [0.15, 0.2) is 12.1 Å². The molecule has 1 aromatic rings. The van der Waals surface area contributed by atoms with Crippen molar-refractivity contribution in [1.82, 2.24) is 5.32 Å². The van der Waals surface area contributed by atoms with Crippen LogP contribution in [0.25, 0.3) is 0 Å². The molecule has 104 valence electrons. The number of aliphatic carboxylic acids is 1. The molecule has 5 heteroatoms. The zero-order valence-corrected chi connectivity index (χ0v) is 11.6. The van der Waals surface area contributed by atoms with E-state index < -0.39 is 11.9 Å². The molecule has 0 heterocycles. The number of carbonyl (C=O) groups is 2. The molecule has 0 aliphatic carbocycles. The van der Waals surface area contributed by atoms with E-state index in [1.807, 2.05) is 13.8 Å². The van der Waals surface area contributed by atoms with Gasteiger partial charge in [-0.05, 0) is 37.1 Å². The Morgan fingerprint density at radius 1 is 1.32 bits per heavy atom. The lowest BCUT2D eigenvalue weighted by Gasteiger charge is -2.12. The number of benzene rings is 1. The van der Waals surface area contributed by atoms with Crippen molar-refractivity contribution in [3.8, 4) is 5.75 Å². The Hall–Kier alpha value is -2.04. The lowest BCUT2D eigenvalue weighted by molar-refractivity contribution is -0.140. The highest BCUT2D eigenvalue weighted by atomic mass is 16.5. The largest absolute Gasteiger partial charge is 0.496 e. The third-order valence-electron chi connectivity index (χ3n) is 2.92. The van der Waals surface area contributed by atoms with Gasteiger partial charge in [0, 0.05) is 12.1 Å². The molecule has 0 saturated heterocycles. The molecule has 1 unspecified atom stereocenters. The summed E-state index contributed by atoms with van der Waals surface area (Å²) in [6.07, 6.45) is 0. The quantitative estimate of drug-likeness (QED) is 0.850. The van der Waals surface area contributed by atoms with Crippen LogP contribution >= 0.6 is 0 Å². The predicted octanol–water partition coefficient (Wildman–Crippen LogP) is 1.76. The molecule has 0 aliphatic rings. The molecule has 2 N–H and O–H groups in total. The first-order valence-electron chi connectivity index (χ1n) is 6.03. The Morgan fingerprint density at radius 2 is 1.84 bits per heavy atom. The van der Waals surface area contributed by atoms with Crippen LogP contribution in [-0.2, 0) is 4.79 Å². The third-order valence-corrected chi connectivity index (χ3v) is 2.92. The van der Waals surface area contributed by atoms with E-state index in [1.165, 1.54) is 0 Å². The summed E-state index contributed by atoms with van der Waals surface area (Å²) in [5.74, 6) is -1.05. The van der Waals surface area contributed by atoms with Crippen molar-refractivity contribution in [3.63, 3.8) is 0 Å². The number of ether oxygens (including phenoxy) is 1. The first kappa shape index (κ1) is 15.0. The summed E-state index contributed by atoms with van der Waals surface area (Å²) in [5.41, 5.74) is 2.26. The van der Waals surface area contributed by atoms with E-state index in [0.717, 1.165) is 16.9 Å². The molecule has 0 aliphatic heterocycles. The van der Waals surface area contributed by atoms with Crippen LogP contribution in [0, 0.1) is 19.8 Å². The van der Waals surface area contributed by atoms with Crippen molar-refractivity contribution in [3.05, 3.63) is 28.8 Å². The van der Waals surface area contributed by atoms with Crippen LogP contribution in [0.4, 0.5) is 0 Å². The summed E-state index contributed by atoms with van der Waals surface area (Å²) >= 11 is 0. The Kier molecular flexibility index (Phi) is 4.92. The summed E-state index contributed by atoms with van der Waals surface area (Å²) in [6, 6.07) is 3.46. The van der Waals surface area contributed by atoms with Gasteiger partial charge in [-0.2, -0.15) is 0 Å². The third kappa shape index (κ3) is 3.71. The van der Waals surface area contributed by atoms with E-state index in [-0.39, 0.29) is 12.5 Å². The molecule has 5 nitrogen and oxygen atoms in total. The smallest absolute Gasteiger partial charge is 0.308 e. The van der Waals surface area contributed by atoms with Crippen LogP contribution in [0.2, 0.25) is 0 Å². The highest BCUT2D eigenvalue weighted by molar-refractivity contribution is 5.95. The summed E-state index contributed by atoms with van der Waals surface area (Å²) in [6.45, 7) is 5.39. The van der Waals surface area contributed by atoms with Gasteiger partial charge in [-0.25, -0.2) is 0 Å². The number of nitrogens with one attached hydrogen (secondary N) is 1. The molecule has 0 aromatic heterocycles. The fourth-order valence-corrected chi connectivity index (χ4v) is 1.84. The highest BCUT2D eigenvalue weighted by Gasteiger charge is 2.14. The lowest BCUT2D eigenvalue weighted by Crippen LogP contribution is -2.31. The first-order valence-corrected chi connectivity index (χ1v) is 6.03. The minimum Gasteiger partial charge on any atom is -0.496 e. The van der Waals surface area contributed by atoms with Gasteiger partial charge in [0.1, 0.15) is 5.75 Å². The molecular formula is C14H19NO4. The molecule has 1 amide bonds. The van der Waals surface area contributed by atoms with Crippen LogP contribution < -0.4 is 10.1 Å². The minimum absolute atomic E-state index is 0.109. The second-order valence-corrected chi connectivity index (χ2v) is 4.59. The second kappa shape index (κ2) is 6.22. The number of carboxylic acid groups (broad SMARTS) is 1. The number of hydrogen-bond donors (Lipinski definition) is 2. The fourth-order valence-electron chi connectivity index (χ4n) is 1.84. The molecule has 0 saturated carbocycles. The Balaban J connectivity index is 2.81. The summed E-state index contributed by atoms with van der Waals surface area (Å²) in [5, 5.41) is 11.4. The molecule has 1 rings (SSSR count). The van der Waals surface area contributed by atoms with Gasteiger partial charge in [0.2, 0.25) is 0 Å². The zero-order chi connectivity index (χ0) is 14.6. The van der Waals surface area contributed by atoms with Crippen LogP contribution in [0.5, 0.6) is 5.75 Å². The molecule has 0 bridgehead atoms. The van der Waals surface area contributed by atoms with Crippen LogP contribution in [0.3, 0.4) is 0 Å². The lowest BCUT2D eigenvalue weighted by atomic mass is 10.0. The second-order valence-electron chi connectivity index (χ2n) is 4.59. The number of methoxy groups -OCH3 is 1. The van der Waals surface area contributed by atoms with Gasteiger partial charge in [-0.3, -0.25) is 9.59 Å². The predicted molar refractivity (Wildman–Crippen MR) is 71.6 cm³/mol. The fraction of sp³-hybridized carbons (Fsp3) is 0.429. The van der Waals surface area contributed by atoms with Gasteiger partial charge in [-0.1, -0.05) is 6.92 Å². The van der Waals surface area contributed by atoms with Crippen molar-refractivity contribution in [2.24, 2.45) is 5.92 Å². The van der Waals surface area contributed by atoms with Crippen molar-refractivity contribution >= 4 is 11.9 Å². The average molecular weight is 265 g/mol. The topological polar surface area (TPSA) is 75.6 Å². The molecule has 0 fully saturated rings. The maximum absolute atomic E-state index is 11.9. The normalized spacial score (nSPS) is 11.8. The van der Waals surface area contributed by atoms with Gasteiger partial charge >= 0.3 is 5.97 Å². The van der Waals surface area contributed by atoms with E-state index in [1.54, 1.807) is 26.2 Å². The number of hydrogen-bond acceptors (Lipinski definition) is 3. The number of carbonyl (C=O) groups excluding carboxylic acids is 1. The number of aryl methyl sites for hydroxylation is 2. The van der Waals surface area contributed by atoms with Gasteiger partial charge in [0.15, 0.2) is 0 Å². The zero-order valence-electron chi connectivity index (χ0n) is 11.6. The monoisotopic (exact) mass is 265 g/mol. The maximum Gasteiger partial charge on any atom is 0.308 e. The van der Waals surface area contributed by atoms with E-state index in [0.29, 0.717) is 5.56 Å². The van der Waals surface area contributed by atoms with Crippen molar-refractivity contribution in [2.75, 3.05) is 13.7 Å². The molecule has 1 atom stereocenters. The summed E-state index contributed by atoms with van der Waals surface area (Å²) < 4.78 is 5.23. The van der Waals surface area contributed by atoms with Crippen molar-refractivity contribution in [2.45, 2.75) is 20.8 Å². The molecule has 1 aromatic carbocycles. The Bertz CT molecular complexity index is 473. The number of amides is 1. The van der Waals surface area contributed by atoms with Gasteiger partial charge < -0.3 is 15.2 Å². The maximum atomic E-state index is 11.9. The summed E-state index contributed by atoms with van der Waals surface area (Å²) in [4.78, 5) is 22.6. The first-order chi connectivity index (χ1) is 8.86. The number of carboxylic acids is 1. The SMILES string of the molecule is COc1c(C)cc(C(=O)NCC(C)C(=O)O)cc1C. The highest BCUT2D eigenvalue weighted by Crippen LogP contribution is 2.24. The average Bonchev–Trinajstić information content (AvgIpc) is 2.34. The van der Waals surface area contributed by atoms with Gasteiger partial charge in [-0.15, -0.1) is 0 Å². The van der Waals surface area contributed by atoms with Crippen LogP contribution in [-0.4, -0.2) is 30.6 Å². The minimum atomic E-state index is -0.928. The Labute approximate surface area is 112 Å². The number of rotatable bonds is 5. The van der Waals surface area contributed by atoms with E-state index in [4.69, 9.17) is 9.84 Å². The molecule has 0 spiro atoms. The summed E-state index contributed by atoms with van der Waals surface area (Å²) in [7, 11) is 1.59. The van der Waals surface area contributed by atoms with Crippen molar-refractivity contribution in [1.29, 1.82) is 0 Å². The Morgan fingerprint density at radius 3 is 2.26 bits per heavy atom.